The lowest BCUT2D eigenvalue weighted by atomic mass is 10.1. The largest absolute Gasteiger partial charge is 0.395 e. The van der Waals surface area contributed by atoms with E-state index in [1.54, 1.807) is 0 Å². The zero-order valence-electron chi connectivity index (χ0n) is 13.6. The van der Waals surface area contributed by atoms with Crippen LogP contribution < -0.4 is 5.32 Å². The number of benzene rings is 1. The van der Waals surface area contributed by atoms with Crippen molar-refractivity contribution >= 4 is 5.91 Å². The minimum absolute atomic E-state index is 0.0401. The Morgan fingerprint density at radius 2 is 2.13 bits per heavy atom. The molecule has 1 aliphatic heterocycles. The van der Waals surface area contributed by atoms with E-state index in [0.717, 1.165) is 11.1 Å². The number of carbonyl (C=O) groups is 1. The number of carbonyl (C=O) groups excluding carboxylic acids is 1. The molecule has 128 valence electrons. The van der Waals surface area contributed by atoms with Crippen molar-refractivity contribution in [1.82, 2.24) is 10.2 Å². The van der Waals surface area contributed by atoms with E-state index in [4.69, 9.17) is 4.74 Å². The average Bonchev–Trinajstić information content (AvgIpc) is 2.91. The molecule has 2 rings (SSSR count). The molecule has 1 aromatic rings. The first kappa shape index (κ1) is 17.9. The van der Waals surface area contributed by atoms with E-state index in [2.05, 4.69) is 5.32 Å². The van der Waals surface area contributed by atoms with Crippen molar-refractivity contribution in [2.45, 2.75) is 38.6 Å². The summed E-state index contributed by atoms with van der Waals surface area (Å²) in [7, 11) is 0. The summed E-state index contributed by atoms with van der Waals surface area (Å²) >= 11 is 0. The number of nitrogens with zero attached hydrogens (tertiary/aromatic N) is 1. The van der Waals surface area contributed by atoms with Gasteiger partial charge in [-0.3, -0.25) is 9.69 Å². The Bertz CT molecular complexity index is 509. The Morgan fingerprint density at radius 3 is 2.83 bits per heavy atom. The lowest BCUT2D eigenvalue weighted by Gasteiger charge is -2.21. The van der Waals surface area contributed by atoms with Crippen LogP contribution in [-0.2, 0) is 22.7 Å². The maximum absolute atomic E-state index is 12.1. The lowest BCUT2D eigenvalue weighted by molar-refractivity contribution is -0.122. The Hall–Kier alpha value is -1.47. The van der Waals surface area contributed by atoms with Crippen molar-refractivity contribution in [3.05, 3.63) is 35.4 Å². The van der Waals surface area contributed by atoms with Gasteiger partial charge in [0.15, 0.2) is 0 Å². The third-order valence-corrected chi connectivity index (χ3v) is 4.12. The molecule has 23 heavy (non-hydrogen) atoms. The molecule has 2 atom stereocenters. The highest BCUT2D eigenvalue weighted by Gasteiger charge is 2.31. The second kappa shape index (κ2) is 8.98. The average molecular weight is 322 g/mol. The van der Waals surface area contributed by atoms with Gasteiger partial charge in [0.1, 0.15) is 0 Å². The molecule has 1 aliphatic rings. The summed E-state index contributed by atoms with van der Waals surface area (Å²) in [4.78, 5) is 13.9. The Labute approximate surface area is 137 Å². The normalized spacial score (nSPS) is 21.5. The van der Waals surface area contributed by atoms with Crippen molar-refractivity contribution < 1.29 is 19.7 Å². The highest BCUT2D eigenvalue weighted by Crippen LogP contribution is 2.16. The minimum Gasteiger partial charge on any atom is -0.395 e. The van der Waals surface area contributed by atoms with Gasteiger partial charge in [-0.1, -0.05) is 24.3 Å². The topological polar surface area (TPSA) is 82.0 Å². The summed E-state index contributed by atoms with van der Waals surface area (Å²) < 4.78 is 5.44. The predicted molar refractivity (Wildman–Crippen MR) is 86.7 cm³/mol. The van der Waals surface area contributed by atoms with E-state index >= 15 is 0 Å². The molecule has 0 bridgehead atoms. The molecule has 0 aromatic heterocycles. The highest BCUT2D eigenvalue weighted by atomic mass is 16.5. The maximum Gasteiger partial charge on any atom is 0.234 e. The molecule has 0 unspecified atom stereocenters. The van der Waals surface area contributed by atoms with E-state index in [9.17, 15) is 15.0 Å². The molecule has 1 saturated heterocycles. The van der Waals surface area contributed by atoms with Crippen molar-refractivity contribution in [3.8, 4) is 0 Å². The minimum atomic E-state index is -0.466. The SMILES string of the molecule is CCOCc1ccccc1CNC(=O)CN1C[C@H](O)C[C@H]1CO. The fraction of sp³-hybridized carbons (Fsp3) is 0.588. The molecule has 0 saturated carbocycles. The fourth-order valence-corrected chi connectivity index (χ4v) is 2.86. The standard InChI is InChI=1S/C17H26N2O4/c1-2-23-12-14-6-4-3-5-13(14)8-18-17(22)10-19-9-16(21)7-15(19)11-20/h3-6,15-16,20-21H,2,7-12H2,1H3,(H,18,22)/t15-,16+/m0/s1. The van der Waals surface area contributed by atoms with Crippen LogP contribution in [0.2, 0.25) is 0 Å². The molecule has 6 heteroatoms. The molecule has 0 radical (unpaired) electrons. The van der Waals surface area contributed by atoms with Crippen LogP contribution in [-0.4, -0.2) is 59.5 Å². The van der Waals surface area contributed by atoms with Crippen LogP contribution in [0.25, 0.3) is 0 Å². The van der Waals surface area contributed by atoms with E-state index < -0.39 is 6.10 Å². The Balaban J connectivity index is 1.85. The summed E-state index contributed by atoms with van der Waals surface area (Å²) in [6.45, 7) is 4.17. The Morgan fingerprint density at radius 1 is 1.39 bits per heavy atom. The molecule has 1 aromatic carbocycles. The molecule has 3 N–H and O–H groups in total. The molecule has 0 spiro atoms. The lowest BCUT2D eigenvalue weighted by Crippen LogP contribution is -2.41. The van der Waals surface area contributed by atoms with Gasteiger partial charge in [-0.25, -0.2) is 0 Å². The second-order valence-electron chi connectivity index (χ2n) is 5.84. The van der Waals surface area contributed by atoms with Gasteiger partial charge in [0.2, 0.25) is 5.91 Å². The van der Waals surface area contributed by atoms with E-state index in [1.807, 2.05) is 36.1 Å². The second-order valence-corrected chi connectivity index (χ2v) is 5.84. The number of hydrogen-bond acceptors (Lipinski definition) is 5. The van der Waals surface area contributed by atoms with Crippen molar-refractivity contribution in [2.75, 3.05) is 26.3 Å². The van der Waals surface area contributed by atoms with Crippen LogP contribution in [0.3, 0.4) is 0 Å². The number of hydrogen-bond donors (Lipinski definition) is 3. The molecule has 1 fully saturated rings. The number of amides is 1. The van der Waals surface area contributed by atoms with Crippen LogP contribution in [0, 0.1) is 0 Å². The van der Waals surface area contributed by atoms with Crippen LogP contribution >= 0.6 is 0 Å². The molecule has 0 aliphatic carbocycles. The zero-order valence-corrected chi connectivity index (χ0v) is 13.6. The van der Waals surface area contributed by atoms with Gasteiger partial charge in [-0.2, -0.15) is 0 Å². The maximum atomic E-state index is 12.1. The van der Waals surface area contributed by atoms with E-state index in [1.165, 1.54) is 0 Å². The first-order valence-corrected chi connectivity index (χ1v) is 8.08. The summed E-state index contributed by atoms with van der Waals surface area (Å²) in [6, 6.07) is 7.73. The van der Waals surface area contributed by atoms with Crippen LogP contribution in [0.5, 0.6) is 0 Å². The fourth-order valence-electron chi connectivity index (χ4n) is 2.86. The summed E-state index contributed by atoms with van der Waals surface area (Å²) in [6.07, 6.45) is 0.0490. The summed E-state index contributed by atoms with van der Waals surface area (Å²) in [5.41, 5.74) is 2.11. The first-order valence-electron chi connectivity index (χ1n) is 8.08. The van der Waals surface area contributed by atoms with E-state index in [-0.39, 0.29) is 25.1 Å². The van der Waals surface area contributed by atoms with Gasteiger partial charge in [-0.05, 0) is 24.5 Å². The zero-order chi connectivity index (χ0) is 16.7. The molecule has 1 heterocycles. The monoisotopic (exact) mass is 322 g/mol. The van der Waals surface area contributed by atoms with Gasteiger partial charge >= 0.3 is 0 Å². The van der Waals surface area contributed by atoms with Crippen LogP contribution in [0.1, 0.15) is 24.5 Å². The van der Waals surface area contributed by atoms with Crippen molar-refractivity contribution in [2.24, 2.45) is 0 Å². The smallest absolute Gasteiger partial charge is 0.234 e. The highest BCUT2D eigenvalue weighted by molar-refractivity contribution is 5.78. The van der Waals surface area contributed by atoms with Gasteiger partial charge in [-0.15, -0.1) is 0 Å². The van der Waals surface area contributed by atoms with Gasteiger partial charge in [0, 0.05) is 25.7 Å². The third kappa shape index (κ3) is 5.28. The quantitative estimate of drug-likeness (QED) is 0.640. The molecular weight excluding hydrogens is 296 g/mol. The van der Waals surface area contributed by atoms with Crippen LogP contribution in [0.15, 0.2) is 24.3 Å². The third-order valence-electron chi connectivity index (χ3n) is 4.12. The van der Waals surface area contributed by atoms with Gasteiger partial charge < -0.3 is 20.3 Å². The number of nitrogens with one attached hydrogen (secondary N) is 1. The number of β-amino-alcohol motifs (C(OH)–C–C–N with tert-alkyl or cyclic N) is 1. The number of rotatable bonds is 8. The van der Waals surface area contributed by atoms with Gasteiger partial charge in [0.05, 0.1) is 25.9 Å². The van der Waals surface area contributed by atoms with Crippen molar-refractivity contribution in [1.29, 1.82) is 0 Å². The number of ether oxygens (including phenoxy) is 1. The van der Waals surface area contributed by atoms with Crippen molar-refractivity contribution in [3.63, 3.8) is 0 Å². The van der Waals surface area contributed by atoms with Crippen LogP contribution in [0.4, 0.5) is 0 Å². The number of aliphatic hydroxyl groups excluding tert-OH is 2. The first-order chi connectivity index (χ1) is 11.1. The van der Waals surface area contributed by atoms with E-state index in [0.29, 0.717) is 32.7 Å². The molecule has 6 nitrogen and oxygen atoms in total. The number of aliphatic hydroxyl groups is 2. The Kier molecular flexibility index (Phi) is 6.98. The molecular formula is C17H26N2O4. The number of likely N-dealkylation sites (tertiary alicyclic amines) is 1. The summed E-state index contributed by atoms with van der Waals surface area (Å²) in [5, 5.41) is 21.8. The summed E-state index contributed by atoms with van der Waals surface area (Å²) in [5.74, 6) is -0.108. The van der Waals surface area contributed by atoms with Gasteiger partial charge in [0.25, 0.3) is 0 Å². The predicted octanol–water partition coefficient (Wildman–Crippen LogP) is 0.267. The molecule has 1 amide bonds.